The van der Waals surface area contributed by atoms with Crippen molar-refractivity contribution in [3.63, 3.8) is 0 Å². The van der Waals surface area contributed by atoms with Gasteiger partial charge in [-0.2, -0.15) is 0 Å². The van der Waals surface area contributed by atoms with E-state index in [0.29, 0.717) is 11.4 Å². The van der Waals surface area contributed by atoms with Gasteiger partial charge in [0.1, 0.15) is 5.82 Å². The molecule has 3 aromatic carbocycles. The molecule has 0 aliphatic heterocycles. The molecule has 6 aromatic rings. The molecule has 6 rings (SSSR count). The number of nitrogens with zero attached hydrogens (tertiary/aromatic N) is 3. The summed E-state index contributed by atoms with van der Waals surface area (Å²) in [6, 6.07) is 29.6. The van der Waals surface area contributed by atoms with E-state index in [1.54, 1.807) is 6.20 Å². The molecule has 216 valence electrons. The fourth-order valence-corrected chi connectivity index (χ4v) is 7.19. The van der Waals surface area contributed by atoms with Crippen molar-refractivity contribution in [3.8, 4) is 44.9 Å². The second-order valence-electron chi connectivity index (χ2n) is 13.4. The molecule has 0 spiro atoms. The molecule has 0 saturated carbocycles. The Kier molecular flexibility index (Phi) is 7.05. The smallest absolute Gasteiger partial charge is 0.258 e. The Morgan fingerprint density at radius 2 is 1.49 bits per heavy atom. The molecular formula is C37H38N4OSi. The summed E-state index contributed by atoms with van der Waals surface area (Å²) in [6.07, 6.45) is 3.75. The fraction of sp³-hybridized carbons (Fsp3) is 0.216. The molecule has 3 aromatic heterocycles. The second-order valence-corrected chi connectivity index (χ2v) is 18.4. The summed E-state index contributed by atoms with van der Waals surface area (Å²) in [5.74, 6) is 0.646. The maximum absolute atomic E-state index is 12.7. The van der Waals surface area contributed by atoms with Crippen LogP contribution in [0.2, 0.25) is 19.6 Å². The van der Waals surface area contributed by atoms with Crippen LogP contribution in [-0.2, 0) is 12.5 Å². The number of pyridine rings is 2. The summed E-state index contributed by atoms with van der Waals surface area (Å²) >= 11 is 0. The molecule has 5 nitrogen and oxygen atoms in total. The molecule has 0 fully saturated rings. The molecule has 43 heavy (non-hydrogen) atoms. The Hall–Kier alpha value is -4.55. The average molecular weight is 583 g/mol. The summed E-state index contributed by atoms with van der Waals surface area (Å²) in [5, 5.41) is 1.36. The SMILES string of the molecule is Cn1c(-c2ccc[nH]c2=O)nc2c(-c3cc(-c4cc(-c5ccccc5)c([Si](C)(C)C)cn4)cc(C(C)(C)C)c3)cccc21. The first-order valence-electron chi connectivity index (χ1n) is 14.8. The number of fused-ring (bicyclic) bond motifs is 1. The van der Waals surface area contributed by atoms with Crippen LogP contribution in [0.3, 0.4) is 0 Å². The van der Waals surface area contributed by atoms with E-state index in [1.807, 2.05) is 23.7 Å². The first-order valence-corrected chi connectivity index (χ1v) is 18.3. The highest BCUT2D eigenvalue weighted by molar-refractivity contribution is 6.89. The molecule has 0 bridgehead atoms. The van der Waals surface area contributed by atoms with E-state index in [1.165, 1.54) is 21.9 Å². The average Bonchev–Trinajstić information content (AvgIpc) is 3.32. The molecular weight excluding hydrogens is 545 g/mol. The van der Waals surface area contributed by atoms with Crippen molar-refractivity contribution in [2.75, 3.05) is 0 Å². The predicted molar refractivity (Wildman–Crippen MR) is 183 cm³/mol. The van der Waals surface area contributed by atoms with Gasteiger partial charge in [-0.25, -0.2) is 4.98 Å². The molecule has 0 atom stereocenters. The van der Waals surface area contributed by atoms with E-state index >= 15 is 0 Å². The Morgan fingerprint density at radius 3 is 2.19 bits per heavy atom. The lowest BCUT2D eigenvalue weighted by Crippen LogP contribution is -2.39. The Labute approximate surface area is 254 Å². The standard InChI is InChI=1S/C37H38N4OSi/c1-37(2,3)27-20-25(28-15-11-17-32-34(28)40-35(41(32)4)29-16-12-18-38-36(29)42)19-26(21-27)31-22-30(24-13-9-8-10-14-24)33(23-39-31)43(5,6)7/h8-23H,1-7H3,(H,38,42). The van der Waals surface area contributed by atoms with Gasteiger partial charge in [-0.3, -0.25) is 9.78 Å². The zero-order valence-electron chi connectivity index (χ0n) is 26.0. The van der Waals surface area contributed by atoms with Gasteiger partial charge in [0.15, 0.2) is 0 Å². The second kappa shape index (κ2) is 10.6. The van der Waals surface area contributed by atoms with Crippen LogP contribution in [0.4, 0.5) is 0 Å². The number of imidazole rings is 1. The van der Waals surface area contributed by atoms with Crippen LogP contribution in [0, 0.1) is 0 Å². The molecule has 0 aliphatic carbocycles. The lowest BCUT2D eigenvalue weighted by Gasteiger charge is -2.23. The minimum absolute atomic E-state index is 0.0776. The molecule has 1 N–H and O–H groups in total. The lowest BCUT2D eigenvalue weighted by molar-refractivity contribution is 0.590. The topological polar surface area (TPSA) is 63.6 Å². The number of hydrogen-bond donors (Lipinski definition) is 1. The number of H-pyrrole nitrogens is 1. The Morgan fingerprint density at radius 1 is 0.767 bits per heavy atom. The van der Waals surface area contributed by atoms with Gasteiger partial charge in [0.05, 0.1) is 30.4 Å². The number of hydrogen-bond acceptors (Lipinski definition) is 3. The van der Waals surface area contributed by atoms with E-state index in [2.05, 4.69) is 124 Å². The van der Waals surface area contributed by atoms with Gasteiger partial charge in [0, 0.05) is 30.6 Å². The van der Waals surface area contributed by atoms with E-state index in [4.69, 9.17) is 9.97 Å². The number of aromatic nitrogens is 4. The third-order valence-electron chi connectivity index (χ3n) is 8.17. The van der Waals surface area contributed by atoms with E-state index in [-0.39, 0.29) is 11.0 Å². The zero-order valence-corrected chi connectivity index (χ0v) is 27.0. The van der Waals surface area contributed by atoms with Crippen LogP contribution in [0.25, 0.3) is 55.9 Å². The van der Waals surface area contributed by atoms with Crippen molar-refractivity contribution >= 4 is 24.3 Å². The first kappa shape index (κ1) is 28.6. The number of para-hydroxylation sites is 1. The third kappa shape index (κ3) is 5.39. The minimum atomic E-state index is -1.65. The fourth-order valence-electron chi connectivity index (χ4n) is 5.72. The number of nitrogens with one attached hydrogen (secondary N) is 1. The van der Waals surface area contributed by atoms with Gasteiger partial charge in [0.25, 0.3) is 5.56 Å². The van der Waals surface area contributed by atoms with Crippen LogP contribution in [-0.4, -0.2) is 27.6 Å². The summed E-state index contributed by atoms with van der Waals surface area (Å²) < 4.78 is 2.00. The quantitative estimate of drug-likeness (QED) is 0.209. The van der Waals surface area contributed by atoms with Crippen LogP contribution in [0.15, 0.2) is 102 Å². The maximum Gasteiger partial charge on any atom is 0.258 e. The van der Waals surface area contributed by atoms with Gasteiger partial charge in [-0.05, 0) is 69.3 Å². The minimum Gasteiger partial charge on any atom is -0.328 e. The maximum atomic E-state index is 12.7. The number of aromatic amines is 1. The Balaban J connectivity index is 1.58. The number of benzene rings is 3. The van der Waals surface area contributed by atoms with Gasteiger partial charge >= 0.3 is 0 Å². The third-order valence-corrected chi connectivity index (χ3v) is 10.2. The van der Waals surface area contributed by atoms with Crippen molar-refractivity contribution in [1.29, 1.82) is 0 Å². The Bertz CT molecular complexity index is 2030. The van der Waals surface area contributed by atoms with E-state index in [0.717, 1.165) is 33.4 Å². The monoisotopic (exact) mass is 582 g/mol. The van der Waals surface area contributed by atoms with E-state index < -0.39 is 8.07 Å². The molecule has 0 saturated heterocycles. The molecule has 0 aliphatic rings. The summed E-state index contributed by atoms with van der Waals surface area (Å²) in [6.45, 7) is 13.9. The van der Waals surface area contributed by atoms with Crippen LogP contribution in [0.1, 0.15) is 26.3 Å². The van der Waals surface area contributed by atoms with Crippen LogP contribution >= 0.6 is 0 Å². The highest BCUT2D eigenvalue weighted by Crippen LogP contribution is 2.37. The summed E-state index contributed by atoms with van der Waals surface area (Å²) in [7, 11) is 0.313. The lowest BCUT2D eigenvalue weighted by atomic mass is 9.83. The summed E-state index contributed by atoms with van der Waals surface area (Å²) in [4.78, 5) is 25.5. The van der Waals surface area contributed by atoms with Gasteiger partial charge in [0.2, 0.25) is 0 Å². The largest absolute Gasteiger partial charge is 0.328 e. The molecule has 0 unspecified atom stereocenters. The molecule has 0 amide bonds. The highest BCUT2D eigenvalue weighted by atomic mass is 28.3. The van der Waals surface area contributed by atoms with Crippen molar-refractivity contribution in [2.24, 2.45) is 7.05 Å². The van der Waals surface area contributed by atoms with Crippen LogP contribution in [0.5, 0.6) is 0 Å². The van der Waals surface area contributed by atoms with Crippen molar-refractivity contribution in [2.45, 2.75) is 45.8 Å². The first-order chi connectivity index (χ1) is 20.4. The van der Waals surface area contributed by atoms with Crippen molar-refractivity contribution in [3.05, 3.63) is 113 Å². The zero-order chi connectivity index (χ0) is 30.5. The van der Waals surface area contributed by atoms with Crippen molar-refractivity contribution in [1.82, 2.24) is 19.5 Å². The molecule has 6 heteroatoms. The number of rotatable bonds is 5. The molecule has 0 radical (unpaired) electrons. The van der Waals surface area contributed by atoms with E-state index in [9.17, 15) is 4.79 Å². The normalized spacial score (nSPS) is 12.2. The molecule has 3 heterocycles. The predicted octanol–water partition coefficient (Wildman–Crippen LogP) is 8.17. The van der Waals surface area contributed by atoms with Gasteiger partial charge in [-0.1, -0.05) is 88.9 Å². The number of aryl methyl sites for hydroxylation is 1. The van der Waals surface area contributed by atoms with Gasteiger partial charge in [-0.15, -0.1) is 0 Å². The van der Waals surface area contributed by atoms with Gasteiger partial charge < -0.3 is 9.55 Å². The van der Waals surface area contributed by atoms with Crippen molar-refractivity contribution < 1.29 is 0 Å². The highest BCUT2D eigenvalue weighted by Gasteiger charge is 2.24. The summed E-state index contributed by atoms with van der Waals surface area (Å²) in [5.41, 5.74) is 10.0. The van der Waals surface area contributed by atoms with Crippen LogP contribution < -0.4 is 10.7 Å².